The smallest absolute Gasteiger partial charge is 0.0594 e. The van der Waals surface area contributed by atoms with Crippen LogP contribution in [-0.2, 0) is 6.04 Å². The molecule has 3 rings (SSSR count). The van der Waals surface area contributed by atoms with Crippen molar-refractivity contribution in [3.8, 4) is 0 Å². The Kier molecular flexibility index (Phi) is 3.62. The summed E-state index contributed by atoms with van der Waals surface area (Å²) >= 11 is 0. The molecule has 1 aliphatic rings. The van der Waals surface area contributed by atoms with Gasteiger partial charge in [0.25, 0.3) is 0 Å². The van der Waals surface area contributed by atoms with E-state index in [1.165, 1.54) is 28.3 Å². The summed E-state index contributed by atoms with van der Waals surface area (Å²) in [7, 11) is -0.227. The number of hydrogen-bond donors (Lipinski definition) is 0. The predicted molar refractivity (Wildman–Crippen MR) is 91.0 cm³/mol. The zero-order valence-electron chi connectivity index (χ0n) is 12.6. The lowest BCUT2D eigenvalue weighted by Crippen LogP contribution is -2.02. The molecule has 0 saturated carbocycles. The van der Waals surface area contributed by atoms with Crippen LogP contribution in [0, 0.1) is 13.8 Å². The number of hydrogen-bond acceptors (Lipinski definition) is 0. The van der Waals surface area contributed by atoms with E-state index in [1.54, 1.807) is 10.8 Å². The SMILES string of the molecule is Cc1cccc(C[SiH2]C2=CC(C)c3ccccc32)c1C. The molecule has 0 heterocycles. The van der Waals surface area contributed by atoms with Gasteiger partial charge in [-0.3, -0.25) is 0 Å². The summed E-state index contributed by atoms with van der Waals surface area (Å²) in [6.07, 6.45) is 2.50. The van der Waals surface area contributed by atoms with Crippen molar-refractivity contribution in [2.45, 2.75) is 32.7 Å². The van der Waals surface area contributed by atoms with Gasteiger partial charge in [0.05, 0.1) is 9.52 Å². The third-order valence-electron chi connectivity index (χ3n) is 4.63. The molecule has 102 valence electrons. The molecule has 2 aromatic carbocycles. The van der Waals surface area contributed by atoms with E-state index in [0.717, 1.165) is 0 Å². The van der Waals surface area contributed by atoms with Crippen molar-refractivity contribution in [2.75, 3.05) is 0 Å². The van der Waals surface area contributed by atoms with Gasteiger partial charge >= 0.3 is 0 Å². The van der Waals surface area contributed by atoms with E-state index >= 15 is 0 Å². The second-order valence-electron chi connectivity index (χ2n) is 5.93. The Bertz CT molecular complexity index is 667. The lowest BCUT2D eigenvalue weighted by atomic mass is 10.0. The fraction of sp³-hybridized carbons (Fsp3) is 0.263. The summed E-state index contributed by atoms with van der Waals surface area (Å²) in [4.78, 5) is 0. The minimum absolute atomic E-state index is 0.227. The monoisotopic (exact) mass is 278 g/mol. The molecule has 0 radical (unpaired) electrons. The maximum absolute atomic E-state index is 2.50. The summed E-state index contributed by atoms with van der Waals surface area (Å²) in [6, 6.07) is 16.9. The molecule has 0 saturated heterocycles. The van der Waals surface area contributed by atoms with Crippen molar-refractivity contribution in [1.29, 1.82) is 0 Å². The van der Waals surface area contributed by atoms with Crippen LogP contribution in [0.15, 0.2) is 48.5 Å². The van der Waals surface area contributed by atoms with Crippen LogP contribution in [-0.4, -0.2) is 9.52 Å². The number of fused-ring (bicyclic) bond motifs is 1. The molecule has 0 fully saturated rings. The molecule has 20 heavy (non-hydrogen) atoms. The second-order valence-corrected chi connectivity index (χ2v) is 7.69. The zero-order chi connectivity index (χ0) is 14.1. The first-order valence-electron chi connectivity index (χ1n) is 7.52. The highest BCUT2D eigenvalue weighted by molar-refractivity contribution is 6.61. The van der Waals surface area contributed by atoms with Gasteiger partial charge in [0, 0.05) is 0 Å². The van der Waals surface area contributed by atoms with Crippen molar-refractivity contribution in [3.63, 3.8) is 0 Å². The molecule has 2 aromatic rings. The Morgan fingerprint density at radius 2 is 1.80 bits per heavy atom. The molecule has 0 aliphatic heterocycles. The van der Waals surface area contributed by atoms with E-state index in [1.807, 2.05) is 0 Å². The van der Waals surface area contributed by atoms with Crippen LogP contribution in [0.4, 0.5) is 0 Å². The van der Waals surface area contributed by atoms with Gasteiger partial charge in [-0.1, -0.05) is 60.7 Å². The van der Waals surface area contributed by atoms with Crippen LogP contribution >= 0.6 is 0 Å². The standard InChI is InChI=1S/C19H22Si/c1-13-7-6-8-16(15(13)3)12-20-19-11-14(2)17-9-4-5-10-18(17)19/h4-11,14H,12,20H2,1-3H3. The molecule has 0 spiro atoms. The highest BCUT2D eigenvalue weighted by atomic mass is 28.2. The molecular formula is C19H22Si. The van der Waals surface area contributed by atoms with Crippen molar-refractivity contribution in [3.05, 3.63) is 76.4 Å². The highest BCUT2D eigenvalue weighted by Crippen LogP contribution is 2.35. The maximum Gasteiger partial charge on any atom is 0.0594 e. The summed E-state index contributed by atoms with van der Waals surface area (Å²) in [5.41, 5.74) is 7.51. The van der Waals surface area contributed by atoms with Gasteiger partial charge in [-0.2, -0.15) is 0 Å². The van der Waals surface area contributed by atoms with Crippen molar-refractivity contribution in [1.82, 2.24) is 0 Å². The lowest BCUT2D eigenvalue weighted by molar-refractivity contribution is 0.990. The average Bonchev–Trinajstić information content (AvgIpc) is 2.78. The van der Waals surface area contributed by atoms with E-state index in [2.05, 4.69) is 69.3 Å². The van der Waals surface area contributed by atoms with E-state index in [9.17, 15) is 0 Å². The quantitative estimate of drug-likeness (QED) is 0.741. The Morgan fingerprint density at radius 3 is 2.65 bits per heavy atom. The molecular weight excluding hydrogens is 256 g/mol. The fourth-order valence-corrected chi connectivity index (χ4v) is 5.43. The first-order chi connectivity index (χ1) is 9.66. The summed E-state index contributed by atoms with van der Waals surface area (Å²) in [6.45, 7) is 6.80. The van der Waals surface area contributed by atoms with Crippen molar-refractivity contribution in [2.24, 2.45) is 0 Å². The van der Waals surface area contributed by atoms with Gasteiger partial charge in [-0.05, 0) is 53.6 Å². The zero-order valence-corrected chi connectivity index (χ0v) is 14.0. The van der Waals surface area contributed by atoms with Crippen LogP contribution in [0.2, 0.25) is 0 Å². The lowest BCUT2D eigenvalue weighted by Gasteiger charge is -2.09. The van der Waals surface area contributed by atoms with Gasteiger partial charge in [0.15, 0.2) is 0 Å². The highest BCUT2D eigenvalue weighted by Gasteiger charge is 2.19. The molecule has 0 bridgehead atoms. The normalized spacial score (nSPS) is 17.6. The van der Waals surface area contributed by atoms with Crippen LogP contribution in [0.5, 0.6) is 0 Å². The Morgan fingerprint density at radius 1 is 1.00 bits per heavy atom. The topological polar surface area (TPSA) is 0 Å². The molecule has 0 N–H and O–H groups in total. The van der Waals surface area contributed by atoms with E-state index in [-0.39, 0.29) is 9.52 Å². The Hall–Kier alpha value is -1.60. The molecule has 0 nitrogen and oxygen atoms in total. The maximum atomic E-state index is 2.50. The molecule has 1 heteroatoms. The summed E-state index contributed by atoms with van der Waals surface area (Å²) in [5, 5.41) is 1.66. The number of benzene rings is 2. The molecule has 1 unspecified atom stereocenters. The third-order valence-corrected chi connectivity index (χ3v) is 6.57. The van der Waals surface area contributed by atoms with Gasteiger partial charge in [0.1, 0.15) is 0 Å². The summed E-state index contributed by atoms with van der Waals surface area (Å²) < 4.78 is 0. The van der Waals surface area contributed by atoms with Gasteiger partial charge < -0.3 is 0 Å². The molecule has 1 aliphatic carbocycles. The summed E-state index contributed by atoms with van der Waals surface area (Å²) in [5.74, 6) is 0.604. The second kappa shape index (κ2) is 5.41. The minimum Gasteiger partial charge on any atom is -0.0781 e. The van der Waals surface area contributed by atoms with Gasteiger partial charge in [-0.15, -0.1) is 0 Å². The first-order valence-corrected chi connectivity index (χ1v) is 9.22. The van der Waals surface area contributed by atoms with Crippen molar-refractivity contribution >= 4 is 14.7 Å². The van der Waals surface area contributed by atoms with Crippen molar-refractivity contribution < 1.29 is 0 Å². The number of allylic oxidation sites excluding steroid dienone is 1. The van der Waals surface area contributed by atoms with Crippen LogP contribution in [0.25, 0.3) is 5.20 Å². The fourth-order valence-electron chi connectivity index (χ4n) is 3.24. The average molecular weight is 278 g/mol. The van der Waals surface area contributed by atoms with Gasteiger partial charge in [0.2, 0.25) is 0 Å². The number of aryl methyl sites for hydroxylation is 1. The van der Waals surface area contributed by atoms with E-state index < -0.39 is 0 Å². The van der Waals surface area contributed by atoms with E-state index in [4.69, 9.17) is 0 Å². The van der Waals surface area contributed by atoms with Crippen LogP contribution < -0.4 is 0 Å². The predicted octanol–water partition coefficient (Wildman–Crippen LogP) is 4.13. The molecule has 1 atom stereocenters. The van der Waals surface area contributed by atoms with Crippen LogP contribution in [0.3, 0.4) is 0 Å². The van der Waals surface area contributed by atoms with Gasteiger partial charge in [-0.25, -0.2) is 0 Å². The molecule has 0 aromatic heterocycles. The van der Waals surface area contributed by atoms with E-state index in [0.29, 0.717) is 5.92 Å². The minimum atomic E-state index is -0.227. The third kappa shape index (κ3) is 2.38. The first kappa shape index (κ1) is 13.4. The molecule has 0 amide bonds. The largest absolute Gasteiger partial charge is 0.0781 e. The number of rotatable bonds is 3. The Labute approximate surface area is 124 Å². The van der Waals surface area contributed by atoms with Crippen LogP contribution in [0.1, 0.15) is 40.7 Å². The Balaban J connectivity index is 1.80.